The van der Waals surface area contributed by atoms with Crippen molar-refractivity contribution in [1.82, 2.24) is 5.32 Å². The van der Waals surface area contributed by atoms with Crippen molar-refractivity contribution in [1.29, 1.82) is 0 Å². The molecule has 0 saturated heterocycles. The Kier molecular flexibility index (Phi) is 8.62. The molecule has 2 N–H and O–H groups in total. The van der Waals surface area contributed by atoms with Crippen LogP contribution in [0.4, 0.5) is 0 Å². The average Bonchev–Trinajstić information content (AvgIpc) is 2.41. The molecule has 1 unspecified atom stereocenters. The number of carbonyl (C=O) groups excluding carboxylic acids is 1. The molecular formula is C21H39NO3. The highest BCUT2D eigenvalue weighted by Crippen LogP contribution is 2.27. The van der Waals surface area contributed by atoms with Crippen molar-refractivity contribution in [2.75, 3.05) is 13.2 Å². The first-order valence-electron chi connectivity index (χ1n) is 9.80. The Labute approximate surface area is 154 Å². The zero-order chi connectivity index (χ0) is 19.0. The summed E-state index contributed by atoms with van der Waals surface area (Å²) in [5, 5.41) is 13.6. The van der Waals surface area contributed by atoms with Crippen LogP contribution in [-0.2, 0) is 9.53 Å². The first-order valence-corrected chi connectivity index (χ1v) is 9.80. The van der Waals surface area contributed by atoms with Crippen molar-refractivity contribution in [3.8, 4) is 0 Å². The number of rotatable bonds is 8. The fraction of sp³-hybridized carbons (Fsp3) is 0.857. The van der Waals surface area contributed by atoms with E-state index in [4.69, 9.17) is 4.74 Å². The molecule has 0 bridgehead atoms. The molecule has 0 saturated carbocycles. The fourth-order valence-electron chi connectivity index (χ4n) is 3.01. The van der Waals surface area contributed by atoms with E-state index < -0.39 is 5.60 Å². The Morgan fingerprint density at radius 1 is 1.12 bits per heavy atom. The number of carbonyl (C=O) groups is 1. The second-order valence-electron chi connectivity index (χ2n) is 9.32. The molecular weight excluding hydrogens is 314 g/mol. The highest BCUT2D eigenvalue weighted by atomic mass is 16.5. The molecule has 0 aliphatic heterocycles. The van der Waals surface area contributed by atoms with Crippen LogP contribution in [0.1, 0.15) is 86.0 Å². The summed E-state index contributed by atoms with van der Waals surface area (Å²) in [6.07, 6.45) is 10.4. The van der Waals surface area contributed by atoms with Crippen LogP contribution < -0.4 is 5.32 Å². The van der Waals surface area contributed by atoms with Gasteiger partial charge in [-0.2, -0.15) is 0 Å². The molecule has 1 atom stereocenters. The number of nitrogens with one attached hydrogen (secondary N) is 1. The van der Waals surface area contributed by atoms with Crippen molar-refractivity contribution in [2.24, 2.45) is 5.41 Å². The molecule has 0 heterocycles. The molecule has 0 aromatic rings. The minimum absolute atomic E-state index is 0.0578. The zero-order valence-electron chi connectivity index (χ0n) is 17.0. The monoisotopic (exact) mass is 353 g/mol. The van der Waals surface area contributed by atoms with Crippen LogP contribution in [0, 0.1) is 5.41 Å². The molecule has 4 nitrogen and oxygen atoms in total. The average molecular weight is 354 g/mol. The van der Waals surface area contributed by atoms with Crippen LogP contribution in [0.5, 0.6) is 0 Å². The predicted molar refractivity (Wildman–Crippen MR) is 104 cm³/mol. The summed E-state index contributed by atoms with van der Waals surface area (Å²) in [5.41, 5.74) is -0.833. The summed E-state index contributed by atoms with van der Waals surface area (Å²) >= 11 is 0. The van der Waals surface area contributed by atoms with E-state index >= 15 is 0 Å². The quantitative estimate of drug-likeness (QED) is 0.637. The summed E-state index contributed by atoms with van der Waals surface area (Å²) in [6.45, 7) is 12.1. The molecule has 0 aromatic carbocycles. The Morgan fingerprint density at radius 2 is 1.80 bits per heavy atom. The summed E-state index contributed by atoms with van der Waals surface area (Å²) in [6, 6.07) is 0. The van der Waals surface area contributed by atoms with Crippen molar-refractivity contribution in [3.05, 3.63) is 12.2 Å². The van der Waals surface area contributed by atoms with E-state index in [0.717, 1.165) is 38.7 Å². The van der Waals surface area contributed by atoms with E-state index in [-0.39, 0.29) is 23.3 Å². The molecule has 0 spiro atoms. The van der Waals surface area contributed by atoms with E-state index in [2.05, 4.69) is 52.1 Å². The maximum Gasteiger partial charge on any atom is 0.222 e. The van der Waals surface area contributed by atoms with Crippen LogP contribution >= 0.6 is 0 Å². The number of hydrogen-bond donors (Lipinski definition) is 2. The second-order valence-corrected chi connectivity index (χ2v) is 9.32. The van der Waals surface area contributed by atoms with E-state index in [1.165, 1.54) is 0 Å². The molecule has 4 heteroatoms. The van der Waals surface area contributed by atoms with E-state index in [9.17, 15) is 9.90 Å². The summed E-state index contributed by atoms with van der Waals surface area (Å²) < 4.78 is 5.98. The third-order valence-electron chi connectivity index (χ3n) is 4.84. The van der Waals surface area contributed by atoms with Gasteiger partial charge in [0.2, 0.25) is 5.91 Å². The van der Waals surface area contributed by atoms with Crippen LogP contribution in [0.25, 0.3) is 0 Å². The van der Waals surface area contributed by atoms with Gasteiger partial charge in [-0.05, 0) is 64.2 Å². The van der Waals surface area contributed by atoms with Crippen molar-refractivity contribution < 1.29 is 14.6 Å². The summed E-state index contributed by atoms with van der Waals surface area (Å²) in [5.74, 6) is -0.0578. The van der Waals surface area contributed by atoms with Gasteiger partial charge in [-0.1, -0.05) is 32.9 Å². The lowest BCUT2D eigenvalue weighted by atomic mass is 9.86. The van der Waals surface area contributed by atoms with Gasteiger partial charge in [0, 0.05) is 13.2 Å². The normalized spacial score (nSPS) is 23.6. The lowest BCUT2D eigenvalue weighted by Gasteiger charge is -2.29. The van der Waals surface area contributed by atoms with Gasteiger partial charge in [-0.3, -0.25) is 4.79 Å². The molecule has 0 aromatic heterocycles. The molecule has 1 amide bonds. The van der Waals surface area contributed by atoms with Gasteiger partial charge in [0.15, 0.2) is 0 Å². The number of hydrogen-bond acceptors (Lipinski definition) is 3. The largest absolute Gasteiger partial charge is 0.389 e. The number of ether oxygens (including phenoxy) is 1. The number of allylic oxidation sites excluding steroid dienone is 2. The molecule has 25 heavy (non-hydrogen) atoms. The Morgan fingerprint density at radius 3 is 2.48 bits per heavy atom. The smallest absolute Gasteiger partial charge is 0.222 e. The van der Waals surface area contributed by atoms with Crippen molar-refractivity contribution in [2.45, 2.75) is 97.2 Å². The number of aliphatic hydroxyl groups is 1. The highest BCUT2D eigenvalue weighted by Gasteiger charge is 2.29. The lowest BCUT2D eigenvalue weighted by molar-refractivity contribution is -0.127. The van der Waals surface area contributed by atoms with Gasteiger partial charge in [-0.25, -0.2) is 0 Å². The van der Waals surface area contributed by atoms with Crippen molar-refractivity contribution in [3.63, 3.8) is 0 Å². The topological polar surface area (TPSA) is 58.6 Å². The zero-order valence-corrected chi connectivity index (χ0v) is 17.0. The molecule has 1 aliphatic rings. The molecule has 1 rings (SSSR count). The SMILES string of the molecule is CC(C)(C)CCOC(C)(C)CCNC(=O)CC1(O)CC/C=C/CCC1. The molecule has 0 fully saturated rings. The molecule has 0 radical (unpaired) electrons. The van der Waals surface area contributed by atoms with Gasteiger partial charge in [-0.15, -0.1) is 0 Å². The minimum atomic E-state index is -0.854. The molecule has 1 aliphatic carbocycles. The lowest BCUT2D eigenvalue weighted by Crippen LogP contribution is -2.39. The number of amides is 1. The standard InChI is InChI=1S/C21H39NO3/c1-19(2,3)14-16-25-20(4,5)13-15-22-18(23)17-21(24)11-9-7-6-8-10-12-21/h6-7,24H,8-17H2,1-5H3,(H,22,23)/b7-6+. The fourth-order valence-corrected chi connectivity index (χ4v) is 3.01. The Bertz CT molecular complexity index is 437. The van der Waals surface area contributed by atoms with Gasteiger partial charge in [0.05, 0.1) is 17.6 Å². The summed E-state index contributed by atoms with van der Waals surface area (Å²) in [4.78, 5) is 12.2. The second kappa shape index (κ2) is 9.72. The van der Waals surface area contributed by atoms with Gasteiger partial charge >= 0.3 is 0 Å². The summed E-state index contributed by atoms with van der Waals surface area (Å²) in [7, 11) is 0. The third kappa shape index (κ3) is 10.7. The first-order chi connectivity index (χ1) is 11.5. The van der Waals surface area contributed by atoms with Gasteiger partial charge < -0.3 is 15.2 Å². The van der Waals surface area contributed by atoms with Crippen molar-refractivity contribution >= 4 is 5.91 Å². The van der Waals surface area contributed by atoms with E-state index in [0.29, 0.717) is 19.4 Å². The molecule has 146 valence electrons. The Hall–Kier alpha value is -0.870. The van der Waals surface area contributed by atoms with E-state index in [1.807, 2.05) is 0 Å². The van der Waals surface area contributed by atoms with Gasteiger partial charge in [0.25, 0.3) is 0 Å². The maximum absolute atomic E-state index is 12.2. The minimum Gasteiger partial charge on any atom is -0.389 e. The predicted octanol–water partition coefficient (Wildman–Crippen LogP) is 4.37. The first kappa shape index (κ1) is 22.2. The third-order valence-corrected chi connectivity index (χ3v) is 4.84. The van der Waals surface area contributed by atoms with E-state index in [1.54, 1.807) is 0 Å². The Balaban J connectivity index is 2.29. The highest BCUT2D eigenvalue weighted by molar-refractivity contribution is 5.77. The maximum atomic E-state index is 12.2. The van der Waals surface area contributed by atoms with Crippen LogP contribution in [0.3, 0.4) is 0 Å². The van der Waals surface area contributed by atoms with Gasteiger partial charge in [0.1, 0.15) is 0 Å². The van der Waals surface area contributed by atoms with Crippen LogP contribution in [0.15, 0.2) is 12.2 Å². The van der Waals surface area contributed by atoms with Crippen LogP contribution in [-0.4, -0.2) is 35.4 Å². The van der Waals surface area contributed by atoms with Crippen LogP contribution in [0.2, 0.25) is 0 Å².